The van der Waals surface area contributed by atoms with Gasteiger partial charge in [-0.3, -0.25) is 4.90 Å². The average Bonchev–Trinajstić information content (AvgIpc) is 2.87. The Bertz CT molecular complexity index is 357. The fraction of sp³-hybridized carbons (Fsp3) is 0.600. The van der Waals surface area contributed by atoms with E-state index in [0.717, 1.165) is 18.0 Å². The number of likely N-dealkylation sites (N-methyl/N-ethyl adjacent to an activating group) is 1. The highest BCUT2D eigenvalue weighted by Gasteiger charge is 2.26. The molecule has 0 amide bonds. The first kappa shape index (κ1) is 13.5. The van der Waals surface area contributed by atoms with Gasteiger partial charge < -0.3 is 5.73 Å². The van der Waals surface area contributed by atoms with E-state index < -0.39 is 0 Å². The number of rotatable bonds is 5. The molecule has 2 N–H and O–H groups in total. The lowest BCUT2D eigenvalue weighted by molar-refractivity contribution is 0.174. The molecule has 100 valence electrons. The third kappa shape index (κ3) is 3.30. The van der Waals surface area contributed by atoms with Crippen LogP contribution in [-0.4, -0.2) is 24.5 Å². The van der Waals surface area contributed by atoms with Crippen molar-refractivity contribution in [3.05, 3.63) is 35.6 Å². The van der Waals surface area contributed by atoms with E-state index in [1.54, 1.807) is 0 Å². The number of nitrogens with zero attached hydrogens (tertiary/aromatic N) is 1. The standard InChI is InChI=1S/C15H23FN2/c1-18(11-12-6-8-14(16)9-7-12)15(10-17)13-4-2-3-5-13/h6-9,13,15H,2-5,10-11,17H2,1H3. The van der Waals surface area contributed by atoms with Gasteiger partial charge in [0.15, 0.2) is 0 Å². The molecule has 1 aromatic carbocycles. The highest BCUT2D eigenvalue weighted by atomic mass is 19.1. The van der Waals surface area contributed by atoms with Crippen LogP contribution < -0.4 is 5.73 Å². The van der Waals surface area contributed by atoms with Gasteiger partial charge >= 0.3 is 0 Å². The molecule has 0 bridgehead atoms. The second kappa shape index (κ2) is 6.30. The predicted octanol–water partition coefficient (Wildman–Crippen LogP) is 2.78. The van der Waals surface area contributed by atoms with Gasteiger partial charge in [-0.05, 0) is 43.5 Å². The molecule has 1 unspecified atom stereocenters. The molecule has 3 heteroatoms. The van der Waals surface area contributed by atoms with E-state index in [0.29, 0.717) is 12.6 Å². The summed E-state index contributed by atoms with van der Waals surface area (Å²) in [7, 11) is 2.12. The Labute approximate surface area is 109 Å². The van der Waals surface area contributed by atoms with E-state index in [1.807, 2.05) is 12.1 Å². The Morgan fingerprint density at radius 1 is 1.28 bits per heavy atom. The van der Waals surface area contributed by atoms with Crippen LogP contribution >= 0.6 is 0 Å². The zero-order chi connectivity index (χ0) is 13.0. The average molecular weight is 250 g/mol. The summed E-state index contributed by atoms with van der Waals surface area (Å²) in [5.74, 6) is 0.563. The van der Waals surface area contributed by atoms with Crippen LogP contribution in [0.15, 0.2) is 24.3 Å². The topological polar surface area (TPSA) is 29.3 Å². The molecule has 1 aliphatic rings. The quantitative estimate of drug-likeness (QED) is 0.870. The summed E-state index contributed by atoms with van der Waals surface area (Å²) in [6.07, 6.45) is 5.28. The summed E-state index contributed by atoms with van der Waals surface area (Å²) in [5, 5.41) is 0. The molecule has 1 aromatic rings. The van der Waals surface area contributed by atoms with Gasteiger partial charge in [-0.1, -0.05) is 25.0 Å². The summed E-state index contributed by atoms with van der Waals surface area (Å²) >= 11 is 0. The smallest absolute Gasteiger partial charge is 0.123 e. The lowest BCUT2D eigenvalue weighted by Gasteiger charge is -2.31. The van der Waals surface area contributed by atoms with Crippen molar-refractivity contribution >= 4 is 0 Å². The monoisotopic (exact) mass is 250 g/mol. The van der Waals surface area contributed by atoms with E-state index >= 15 is 0 Å². The van der Waals surface area contributed by atoms with E-state index in [2.05, 4.69) is 11.9 Å². The van der Waals surface area contributed by atoms with Crippen LogP contribution in [0.2, 0.25) is 0 Å². The number of nitrogens with two attached hydrogens (primary N) is 1. The maximum atomic E-state index is 12.9. The number of benzene rings is 1. The molecule has 0 heterocycles. The number of hydrogen-bond donors (Lipinski definition) is 1. The van der Waals surface area contributed by atoms with E-state index in [9.17, 15) is 4.39 Å². The normalized spacial score (nSPS) is 18.4. The Balaban J connectivity index is 1.96. The van der Waals surface area contributed by atoms with Crippen LogP contribution in [0.25, 0.3) is 0 Å². The van der Waals surface area contributed by atoms with Gasteiger partial charge in [0.1, 0.15) is 5.82 Å². The van der Waals surface area contributed by atoms with Crippen molar-refractivity contribution in [1.29, 1.82) is 0 Å². The Hall–Kier alpha value is -0.930. The van der Waals surface area contributed by atoms with Crippen LogP contribution in [0, 0.1) is 11.7 Å². The van der Waals surface area contributed by atoms with Gasteiger partial charge in [0.25, 0.3) is 0 Å². The maximum Gasteiger partial charge on any atom is 0.123 e. The SMILES string of the molecule is CN(Cc1ccc(F)cc1)C(CN)C1CCCC1. The van der Waals surface area contributed by atoms with Crippen LogP contribution in [0.5, 0.6) is 0 Å². The fourth-order valence-electron chi connectivity index (χ4n) is 3.07. The zero-order valence-electron chi connectivity index (χ0n) is 11.1. The Morgan fingerprint density at radius 3 is 2.44 bits per heavy atom. The van der Waals surface area contributed by atoms with Gasteiger partial charge in [-0.2, -0.15) is 0 Å². The second-order valence-electron chi connectivity index (χ2n) is 5.39. The van der Waals surface area contributed by atoms with Crippen LogP contribution in [-0.2, 0) is 6.54 Å². The first-order valence-corrected chi connectivity index (χ1v) is 6.85. The molecule has 1 saturated carbocycles. The lowest BCUT2D eigenvalue weighted by Crippen LogP contribution is -2.42. The highest BCUT2D eigenvalue weighted by molar-refractivity contribution is 5.16. The summed E-state index contributed by atoms with van der Waals surface area (Å²) < 4.78 is 12.9. The minimum Gasteiger partial charge on any atom is -0.329 e. The number of hydrogen-bond acceptors (Lipinski definition) is 2. The third-order valence-corrected chi connectivity index (χ3v) is 4.10. The largest absolute Gasteiger partial charge is 0.329 e. The lowest BCUT2D eigenvalue weighted by atomic mass is 9.96. The molecule has 1 atom stereocenters. The van der Waals surface area contributed by atoms with Gasteiger partial charge in [-0.25, -0.2) is 4.39 Å². The van der Waals surface area contributed by atoms with Gasteiger partial charge in [-0.15, -0.1) is 0 Å². The van der Waals surface area contributed by atoms with Crippen molar-refractivity contribution in [3.63, 3.8) is 0 Å². The van der Waals surface area contributed by atoms with E-state index in [4.69, 9.17) is 5.73 Å². The Morgan fingerprint density at radius 2 is 1.89 bits per heavy atom. The predicted molar refractivity (Wildman–Crippen MR) is 72.7 cm³/mol. The Kier molecular flexibility index (Phi) is 4.72. The first-order chi connectivity index (χ1) is 8.70. The summed E-state index contributed by atoms with van der Waals surface area (Å²) in [6.45, 7) is 1.56. The minimum absolute atomic E-state index is 0.174. The van der Waals surface area contributed by atoms with E-state index in [-0.39, 0.29) is 5.82 Å². The molecule has 0 aromatic heterocycles. The molecular formula is C15H23FN2. The van der Waals surface area contributed by atoms with Crippen molar-refractivity contribution in [2.45, 2.75) is 38.3 Å². The molecule has 0 radical (unpaired) electrons. The van der Waals surface area contributed by atoms with Crippen molar-refractivity contribution in [1.82, 2.24) is 4.90 Å². The maximum absolute atomic E-state index is 12.9. The molecule has 1 aliphatic carbocycles. The van der Waals surface area contributed by atoms with Crippen LogP contribution in [0.4, 0.5) is 4.39 Å². The zero-order valence-corrected chi connectivity index (χ0v) is 11.1. The molecule has 2 rings (SSSR count). The van der Waals surface area contributed by atoms with Crippen LogP contribution in [0.3, 0.4) is 0 Å². The molecule has 0 aliphatic heterocycles. The van der Waals surface area contributed by atoms with E-state index in [1.165, 1.54) is 37.8 Å². The van der Waals surface area contributed by atoms with Gasteiger partial charge in [0.05, 0.1) is 0 Å². The van der Waals surface area contributed by atoms with Crippen LogP contribution in [0.1, 0.15) is 31.2 Å². The summed E-state index contributed by atoms with van der Waals surface area (Å²) in [6, 6.07) is 7.21. The molecule has 18 heavy (non-hydrogen) atoms. The van der Waals surface area contributed by atoms with Crippen molar-refractivity contribution in [2.24, 2.45) is 11.7 Å². The van der Waals surface area contributed by atoms with Gasteiger partial charge in [0, 0.05) is 19.1 Å². The second-order valence-corrected chi connectivity index (χ2v) is 5.39. The van der Waals surface area contributed by atoms with Crippen molar-refractivity contribution < 1.29 is 4.39 Å². The van der Waals surface area contributed by atoms with Crippen molar-refractivity contribution in [2.75, 3.05) is 13.6 Å². The van der Waals surface area contributed by atoms with Crippen molar-refractivity contribution in [3.8, 4) is 0 Å². The molecule has 0 spiro atoms. The van der Waals surface area contributed by atoms with Gasteiger partial charge in [0.2, 0.25) is 0 Å². The first-order valence-electron chi connectivity index (χ1n) is 6.85. The molecule has 2 nitrogen and oxygen atoms in total. The summed E-state index contributed by atoms with van der Waals surface area (Å²) in [4.78, 5) is 2.32. The third-order valence-electron chi connectivity index (χ3n) is 4.10. The fourth-order valence-corrected chi connectivity index (χ4v) is 3.07. The molecular weight excluding hydrogens is 227 g/mol. The highest BCUT2D eigenvalue weighted by Crippen LogP contribution is 2.30. The molecule has 0 saturated heterocycles. The number of halogens is 1. The summed E-state index contributed by atoms with van der Waals surface area (Å²) in [5.41, 5.74) is 7.08. The molecule has 1 fully saturated rings. The minimum atomic E-state index is -0.174.